The van der Waals surface area contributed by atoms with Crippen molar-refractivity contribution in [3.8, 4) is 0 Å². The van der Waals surface area contributed by atoms with Crippen molar-refractivity contribution in [3.63, 3.8) is 0 Å². The lowest BCUT2D eigenvalue weighted by atomic mass is 9.97. The summed E-state index contributed by atoms with van der Waals surface area (Å²) in [6.45, 7) is 8.28. The Balaban J connectivity index is 3.09. The number of unbranched alkanes of at least 4 members (excludes halogenated alkanes) is 1. The SMILES string of the molecule is [CH2]CC[CH]C(CC)CC. The van der Waals surface area contributed by atoms with Gasteiger partial charge in [0.05, 0.1) is 0 Å². The summed E-state index contributed by atoms with van der Waals surface area (Å²) in [6.07, 6.45) is 7.21. The molecule has 9 heavy (non-hydrogen) atoms. The maximum atomic E-state index is 3.79. The Kier molecular flexibility index (Phi) is 6.12. The maximum absolute atomic E-state index is 3.79. The first-order valence-corrected chi connectivity index (χ1v) is 3.97. The molecule has 0 unspecified atom stereocenters. The van der Waals surface area contributed by atoms with Crippen LogP contribution in [0.25, 0.3) is 0 Å². The van der Waals surface area contributed by atoms with Crippen LogP contribution in [-0.2, 0) is 0 Å². The van der Waals surface area contributed by atoms with Crippen LogP contribution in [0.4, 0.5) is 0 Å². The van der Waals surface area contributed by atoms with Crippen LogP contribution in [-0.4, -0.2) is 0 Å². The van der Waals surface area contributed by atoms with Crippen molar-refractivity contribution in [2.24, 2.45) is 5.92 Å². The van der Waals surface area contributed by atoms with Crippen molar-refractivity contribution in [1.29, 1.82) is 0 Å². The number of rotatable bonds is 5. The first-order chi connectivity index (χ1) is 4.35. The van der Waals surface area contributed by atoms with Crippen molar-refractivity contribution in [3.05, 3.63) is 13.3 Å². The first kappa shape index (κ1) is 9.00. The van der Waals surface area contributed by atoms with Crippen LogP contribution in [0.2, 0.25) is 0 Å². The molecule has 0 aliphatic rings. The molecule has 0 saturated heterocycles. The predicted octanol–water partition coefficient (Wildman–Crippen LogP) is 3.24. The molecule has 0 atom stereocenters. The predicted molar refractivity (Wildman–Crippen MR) is 43.0 cm³/mol. The van der Waals surface area contributed by atoms with Gasteiger partial charge in [-0.1, -0.05) is 40.0 Å². The molecule has 0 spiro atoms. The van der Waals surface area contributed by atoms with E-state index in [4.69, 9.17) is 0 Å². The molecule has 0 saturated carbocycles. The molecule has 0 rings (SSSR count). The Morgan fingerprint density at radius 1 is 1.33 bits per heavy atom. The monoisotopic (exact) mass is 126 g/mol. The van der Waals surface area contributed by atoms with Crippen LogP contribution in [0.1, 0.15) is 39.5 Å². The average molecular weight is 126 g/mol. The molecule has 0 heterocycles. The Labute approximate surface area is 59.7 Å². The highest BCUT2D eigenvalue weighted by molar-refractivity contribution is 4.73. The molecule has 0 aromatic carbocycles. The van der Waals surface area contributed by atoms with E-state index in [0.29, 0.717) is 0 Å². The third-order valence-electron chi connectivity index (χ3n) is 1.75. The van der Waals surface area contributed by atoms with Gasteiger partial charge in [0.1, 0.15) is 0 Å². The van der Waals surface area contributed by atoms with Gasteiger partial charge >= 0.3 is 0 Å². The van der Waals surface area contributed by atoms with Gasteiger partial charge in [0, 0.05) is 0 Å². The van der Waals surface area contributed by atoms with Gasteiger partial charge in [-0.25, -0.2) is 0 Å². The Bertz CT molecular complexity index is 44.0. The molecule has 0 aromatic rings. The van der Waals surface area contributed by atoms with Crippen LogP contribution < -0.4 is 0 Å². The second kappa shape index (κ2) is 6.12. The molecule has 0 nitrogen and oxygen atoms in total. The average Bonchev–Trinajstić information content (AvgIpc) is 1.91. The van der Waals surface area contributed by atoms with E-state index < -0.39 is 0 Å². The fourth-order valence-corrected chi connectivity index (χ4v) is 0.976. The first-order valence-electron chi connectivity index (χ1n) is 3.97. The fourth-order valence-electron chi connectivity index (χ4n) is 0.976. The summed E-state index contributed by atoms with van der Waals surface area (Å²) in [7, 11) is 0. The molecule has 54 valence electrons. The minimum atomic E-state index is 0.840. The molecule has 0 aliphatic carbocycles. The zero-order valence-corrected chi connectivity index (χ0v) is 6.69. The Hall–Kier alpha value is 0. The van der Waals surface area contributed by atoms with Gasteiger partial charge in [0.2, 0.25) is 0 Å². The summed E-state index contributed by atoms with van der Waals surface area (Å²) < 4.78 is 0. The van der Waals surface area contributed by atoms with E-state index in [1.807, 2.05) is 0 Å². The summed E-state index contributed by atoms with van der Waals surface area (Å²) in [4.78, 5) is 0. The molecular formula is C9H18. The van der Waals surface area contributed by atoms with Gasteiger partial charge in [-0.05, 0) is 18.8 Å². The van der Waals surface area contributed by atoms with Crippen LogP contribution in [0.5, 0.6) is 0 Å². The molecular weight excluding hydrogens is 108 g/mol. The van der Waals surface area contributed by atoms with Gasteiger partial charge in [-0.3, -0.25) is 0 Å². The summed E-state index contributed by atoms with van der Waals surface area (Å²) in [5.74, 6) is 0.840. The number of hydrogen-bond donors (Lipinski definition) is 0. The van der Waals surface area contributed by atoms with Crippen molar-refractivity contribution in [2.75, 3.05) is 0 Å². The third-order valence-corrected chi connectivity index (χ3v) is 1.75. The topological polar surface area (TPSA) is 0 Å². The minimum Gasteiger partial charge on any atom is -0.0651 e. The Morgan fingerprint density at radius 2 is 1.89 bits per heavy atom. The van der Waals surface area contributed by atoms with E-state index in [1.165, 1.54) is 19.3 Å². The van der Waals surface area contributed by atoms with Crippen molar-refractivity contribution < 1.29 is 0 Å². The van der Waals surface area contributed by atoms with Crippen LogP contribution in [0, 0.1) is 19.3 Å². The molecule has 0 N–H and O–H groups in total. The highest BCUT2D eigenvalue weighted by atomic mass is 14.1. The number of hydrogen-bond acceptors (Lipinski definition) is 0. The van der Waals surface area contributed by atoms with E-state index in [9.17, 15) is 0 Å². The summed E-state index contributed by atoms with van der Waals surface area (Å²) >= 11 is 0. The van der Waals surface area contributed by atoms with Crippen molar-refractivity contribution in [1.82, 2.24) is 0 Å². The lowest BCUT2D eigenvalue weighted by molar-refractivity contribution is 0.543. The smallest absolute Gasteiger partial charge is 0.0355 e. The largest absolute Gasteiger partial charge is 0.0651 e. The molecule has 0 fully saturated rings. The summed E-state index contributed by atoms with van der Waals surface area (Å²) in [6, 6.07) is 0. The summed E-state index contributed by atoms with van der Waals surface area (Å²) in [5, 5.41) is 0. The lowest BCUT2D eigenvalue weighted by Crippen LogP contribution is -1.96. The van der Waals surface area contributed by atoms with Crippen LogP contribution in [0.3, 0.4) is 0 Å². The fraction of sp³-hybridized carbons (Fsp3) is 0.778. The van der Waals surface area contributed by atoms with E-state index in [0.717, 1.165) is 12.3 Å². The second-order valence-corrected chi connectivity index (χ2v) is 2.45. The molecule has 0 heteroatoms. The van der Waals surface area contributed by atoms with Gasteiger partial charge < -0.3 is 0 Å². The molecule has 0 bridgehead atoms. The van der Waals surface area contributed by atoms with Gasteiger partial charge in [0.15, 0.2) is 0 Å². The Morgan fingerprint density at radius 3 is 2.22 bits per heavy atom. The highest BCUT2D eigenvalue weighted by Crippen LogP contribution is 2.13. The molecule has 2 radical (unpaired) electrons. The minimum absolute atomic E-state index is 0.840. The molecule has 0 aromatic heterocycles. The van der Waals surface area contributed by atoms with E-state index >= 15 is 0 Å². The lowest BCUT2D eigenvalue weighted by Gasteiger charge is -2.09. The van der Waals surface area contributed by atoms with Gasteiger partial charge in [0.25, 0.3) is 0 Å². The standard InChI is InChI=1S/C9H18/c1-4-7-8-9(5-2)6-3/h8-9H,1,4-7H2,2-3H3. The summed E-state index contributed by atoms with van der Waals surface area (Å²) in [5.41, 5.74) is 0. The second-order valence-electron chi connectivity index (χ2n) is 2.45. The van der Waals surface area contributed by atoms with Crippen molar-refractivity contribution in [2.45, 2.75) is 39.5 Å². The van der Waals surface area contributed by atoms with E-state index in [1.54, 1.807) is 0 Å². The normalized spacial score (nSPS) is 10.7. The maximum Gasteiger partial charge on any atom is -0.0355 e. The highest BCUT2D eigenvalue weighted by Gasteiger charge is 2.00. The van der Waals surface area contributed by atoms with Crippen LogP contribution >= 0.6 is 0 Å². The van der Waals surface area contributed by atoms with Gasteiger partial charge in [-0.2, -0.15) is 0 Å². The zero-order valence-electron chi connectivity index (χ0n) is 6.69. The van der Waals surface area contributed by atoms with Crippen LogP contribution in [0.15, 0.2) is 0 Å². The molecule has 0 aliphatic heterocycles. The molecule has 0 amide bonds. The zero-order chi connectivity index (χ0) is 7.11. The van der Waals surface area contributed by atoms with E-state index in [-0.39, 0.29) is 0 Å². The van der Waals surface area contributed by atoms with Crippen molar-refractivity contribution >= 4 is 0 Å². The third kappa shape index (κ3) is 4.50. The van der Waals surface area contributed by atoms with E-state index in [2.05, 4.69) is 27.2 Å². The van der Waals surface area contributed by atoms with Gasteiger partial charge in [-0.15, -0.1) is 0 Å². The quantitative estimate of drug-likeness (QED) is 0.530.